The quantitative estimate of drug-likeness (QED) is 0.838. The highest BCUT2D eigenvalue weighted by molar-refractivity contribution is 5.18. The van der Waals surface area contributed by atoms with Gasteiger partial charge < -0.3 is 11.1 Å². The Morgan fingerprint density at radius 3 is 2.67 bits per heavy atom. The highest BCUT2D eigenvalue weighted by atomic mass is 14.9. The monoisotopic (exact) mass is 246 g/mol. The number of benzene rings is 1. The Morgan fingerprint density at radius 1 is 1.28 bits per heavy atom. The van der Waals surface area contributed by atoms with Crippen molar-refractivity contribution in [2.45, 2.75) is 44.6 Å². The second kappa shape index (κ2) is 6.91. The van der Waals surface area contributed by atoms with Gasteiger partial charge in [0.2, 0.25) is 0 Å². The van der Waals surface area contributed by atoms with Crippen LogP contribution in [0.4, 0.5) is 0 Å². The maximum Gasteiger partial charge on any atom is 0.0108 e. The van der Waals surface area contributed by atoms with E-state index in [0.717, 1.165) is 6.54 Å². The van der Waals surface area contributed by atoms with Crippen molar-refractivity contribution in [3.63, 3.8) is 0 Å². The molecule has 1 saturated heterocycles. The molecule has 18 heavy (non-hydrogen) atoms. The van der Waals surface area contributed by atoms with Gasteiger partial charge in [-0.2, -0.15) is 0 Å². The summed E-state index contributed by atoms with van der Waals surface area (Å²) in [5, 5.41) is 3.65. The van der Waals surface area contributed by atoms with Gasteiger partial charge >= 0.3 is 0 Å². The molecule has 0 saturated carbocycles. The summed E-state index contributed by atoms with van der Waals surface area (Å²) in [6.07, 6.45) is 5.16. The van der Waals surface area contributed by atoms with E-state index in [-0.39, 0.29) is 0 Å². The first-order valence-electron chi connectivity index (χ1n) is 7.29. The summed E-state index contributed by atoms with van der Waals surface area (Å²) in [6.45, 7) is 4.29. The van der Waals surface area contributed by atoms with Crippen LogP contribution in [0.5, 0.6) is 0 Å². The zero-order valence-electron chi connectivity index (χ0n) is 11.4. The van der Waals surface area contributed by atoms with Crippen LogP contribution >= 0.6 is 0 Å². The van der Waals surface area contributed by atoms with E-state index in [1.165, 1.54) is 37.8 Å². The number of hydrogen-bond acceptors (Lipinski definition) is 2. The normalized spacial score (nSPS) is 23.6. The average molecular weight is 246 g/mol. The molecule has 3 atom stereocenters. The lowest BCUT2D eigenvalue weighted by molar-refractivity contribution is 0.276. The molecule has 1 aromatic carbocycles. The Hall–Kier alpha value is -0.860. The fraction of sp³-hybridized carbons (Fsp3) is 0.625. The van der Waals surface area contributed by atoms with E-state index in [2.05, 4.69) is 42.6 Å². The lowest BCUT2D eigenvalue weighted by Gasteiger charge is -2.32. The highest BCUT2D eigenvalue weighted by Gasteiger charge is 2.24. The summed E-state index contributed by atoms with van der Waals surface area (Å²) >= 11 is 0. The van der Waals surface area contributed by atoms with Gasteiger partial charge in [-0.15, -0.1) is 0 Å². The molecule has 3 N–H and O–H groups in total. The van der Waals surface area contributed by atoms with Gasteiger partial charge in [0, 0.05) is 6.04 Å². The molecule has 0 spiro atoms. The van der Waals surface area contributed by atoms with E-state index < -0.39 is 0 Å². The first-order chi connectivity index (χ1) is 8.81. The molecule has 0 radical (unpaired) electrons. The molecule has 0 amide bonds. The molecule has 1 aliphatic heterocycles. The Morgan fingerprint density at radius 2 is 2.06 bits per heavy atom. The van der Waals surface area contributed by atoms with Crippen molar-refractivity contribution in [1.29, 1.82) is 0 Å². The lowest BCUT2D eigenvalue weighted by atomic mass is 9.83. The molecule has 0 unspecified atom stereocenters. The third kappa shape index (κ3) is 3.56. The first-order valence-corrected chi connectivity index (χ1v) is 7.29. The van der Waals surface area contributed by atoms with Crippen LogP contribution in [0.25, 0.3) is 0 Å². The van der Waals surface area contributed by atoms with Crippen LogP contribution in [-0.2, 0) is 0 Å². The van der Waals surface area contributed by atoms with Gasteiger partial charge in [0.15, 0.2) is 0 Å². The van der Waals surface area contributed by atoms with Crippen molar-refractivity contribution in [2.75, 3.05) is 13.1 Å². The van der Waals surface area contributed by atoms with Crippen molar-refractivity contribution in [3.8, 4) is 0 Å². The van der Waals surface area contributed by atoms with Gasteiger partial charge in [0.25, 0.3) is 0 Å². The van der Waals surface area contributed by atoms with Crippen LogP contribution in [0.2, 0.25) is 0 Å². The van der Waals surface area contributed by atoms with Crippen molar-refractivity contribution in [2.24, 2.45) is 11.7 Å². The Labute approximate surface area is 111 Å². The van der Waals surface area contributed by atoms with Gasteiger partial charge in [-0.25, -0.2) is 0 Å². The molecule has 0 aliphatic carbocycles. The van der Waals surface area contributed by atoms with Crippen molar-refractivity contribution >= 4 is 0 Å². The molecule has 0 bridgehead atoms. The number of nitrogens with one attached hydrogen (secondary N) is 1. The highest BCUT2D eigenvalue weighted by Crippen LogP contribution is 2.27. The molecular formula is C16H26N2. The van der Waals surface area contributed by atoms with Gasteiger partial charge in [-0.3, -0.25) is 0 Å². The minimum atomic E-state index is 0.600. The molecule has 2 heteroatoms. The van der Waals surface area contributed by atoms with Crippen LogP contribution < -0.4 is 11.1 Å². The first kappa shape index (κ1) is 13.6. The van der Waals surface area contributed by atoms with E-state index in [1.54, 1.807) is 0 Å². The van der Waals surface area contributed by atoms with E-state index in [9.17, 15) is 0 Å². The maximum absolute atomic E-state index is 5.99. The molecule has 2 rings (SSSR count). The maximum atomic E-state index is 5.99. The number of rotatable bonds is 5. The Bertz CT molecular complexity index is 330. The van der Waals surface area contributed by atoms with E-state index in [1.807, 2.05) is 0 Å². The van der Waals surface area contributed by atoms with Crippen molar-refractivity contribution in [1.82, 2.24) is 5.32 Å². The summed E-state index contributed by atoms with van der Waals surface area (Å²) in [4.78, 5) is 0. The summed E-state index contributed by atoms with van der Waals surface area (Å²) in [5.41, 5.74) is 7.43. The van der Waals surface area contributed by atoms with Crippen LogP contribution in [0.3, 0.4) is 0 Å². The van der Waals surface area contributed by atoms with Crippen LogP contribution in [0.15, 0.2) is 30.3 Å². The molecule has 100 valence electrons. The van der Waals surface area contributed by atoms with E-state index in [4.69, 9.17) is 5.73 Å². The fourth-order valence-electron chi connectivity index (χ4n) is 3.08. The molecule has 0 aromatic heterocycles. The minimum Gasteiger partial charge on any atom is -0.330 e. The third-order valence-corrected chi connectivity index (χ3v) is 4.25. The largest absolute Gasteiger partial charge is 0.330 e. The predicted molar refractivity (Wildman–Crippen MR) is 77.7 cm³/mol. The molecular weight excluding hydrogens is 220 g/mol. The summed E-state index contributed by atoms with van der Waals surface area (Å²) in [5.74, 6) is 1.21. The molecule has 1 heterocycles. The number of hydrogen-bond donors (Lipinski definition) is 2. The second-order valence-corrected chi connectivity index (χ2v) is 5.60. The molecule has 2 nitrogen and oxygen atoms in total. The van der Waals surface area contributed by atoms with Crippen molar-refractivity contribution < 1.29 is 0 Å². The molecule has 1 aliphatic rings. The van der Waals surface area contributed by atoms with Gasteiger partial charge in [-0.05, 0) is 49.8 Å². The van der Waals surface area contributed by atoms with Crippen LogP contribution in [-0.4, -0.2) is 19.1 Å². The third-order valence-electron chi connectivity index (χ3n) is 4.25. The van der Waals surface area contributed by atoms with Crippen LogP contribution in [0, 0.1) is 5.92 Å². The SMILES string of the molecule is C[C@@H](C[C@H](CN)[C@@H]1CCCCN1)c1ccccc1. The molecule has 1 aromatic rings. The minimum absolute atomic E-state index is 0.600. The Kier molecular flexibility index (Phi) is 5.21. The zero-order chi connectivity index (χ0) is 12.8. The summed E-state index contributed by atoms with van der Waals surface area (Å²) < 4.78 is 0. The summed E-state index contributed by atoms with van der Waals surface area (Å²) in [7, 11) is 0. The predicted octanol–water partition coefficient (Wildman–Crippen LogP) is 2.90. The molecule has 1 fully saturated rings. The average Bonchev–Trinajstić information content (AvgIpc) is 2.46. The topological polar surface area (TPSA) is 38.0 Å². The number of nitrogens with two attached hydrogens (primary N) is 1. The lowest BCUT2D eigenvalue weighted by Crippen LogP contribution is -2.43. The van der Waals surface area contributed by atoms with Gasteiger partial charge in [0.05, 0.1) is 0 Å². The van der Waals surface area contributed by atoms with Crippen LogP contribution in [0.1, 0.15) is 44.1 Å². The van der Waals surface area contributed by atoms with Crippen molar-refractivity contribution in [3.05, 3.63) is 35.9 Å². The second-order valence-electron chi connectivity index (χ2n) is 5.60. The standard InChI is InChI=1S/C16H26N2/c1-13(14-7-3-2-4-8-14)11-15(12-17)16-9-5-6-10-18-16/h2-4,7-8,13,15-16,18H,5-6,9-12,17H2,1H3/t13-,15+,16-/m0/s1. The van der Waals surface area contributed by atoms with Gasteiger partial charge in [-0.1, -0.05) is 43.7 Å². The fourth-order valence-corrected chi connectivity index (χ4v) is 3.08. The zero-order valence-corrected chi connectivity index (χ0v) is 11.4. The summed E-state index contributed by atoms with van der Waals surface area (Å²) in [6, 6.07) is 11.4. The number of piperidine rings is 1. The smallest absolute Gasteiger partial charge is 0.0108 e. The van der Waals surface area contributed by atoms with E-state index >= 15 is 0 Å². The van der Waals surface area contributed by atoms with Gasteiger partial charge in [0.1, 0.15) is 0 Å². The van der Waals surface area contributed by atoms with E-state index in [0.29, 0.717) is 17.9 Å². The Balaban J connectivity index is 1.93.